The Labute approximate surface area is 174 Å². The number of hydrogen-bond donors (Lipinski definition) is 0. The summed E-state index contributed by atoms with van der Waals surface area (Å²) in [6.07, 6.45) is 1.57. The van der Waals surface area contributed by atoms with Crippen LogP contribution in [-0.4, -0.2) is 93.4 Å². The maximum absolute atomic E-state index is 13.1. The largest absolute Gasteiger partial charge is 0.383 e. The van der Waals surface area contributed by atoms with Gasteiger partial charge in [0.05, 0.1) is 26.5 Å². The average molecular weight is 400 g/mol. The number of Topliss-reactive ketones (excluding diaryl/α,β-unsaturated/α-hetero) is 1. The lowest BCUT2D eigenvalue weighted by Crippen LogP contribution is -2.50. The molecule has 1 atom stereocenters. The zero-order chi connectivity index (χ0) is 20.1. The molecule has 1 unspecified atom stereocenters. The molecule has 3 aliphatic rings. The van der Waals surface area contributed by atoms with Crippen LogP contribution in [0, 0.1) is 0 Å². The van der Waals surface area contributed by atoms with Gasteiger partial charge in [0.1, 0.15) is 0 Å². The van der Waals surface area contributed by atoms with E-state index in [2.05, 4.69) is 39.0 Å². The van der Waals surface area contributed by atoms with Gasteiger partial charge in [-0.2, -0.15) is 0 Å². The monoisotopic (exact) mass is 399 g/mol. The normalized spacial score (nSPS) is 24.1. The molecule has 2 heterocycles. The fourth-order valence-corrected chi connectivity index (χ4v) is 4.66. The molecule has 1 aromatic carbocycles. The Kier molecular flexibility index (Phi) is 6.98. The lowest BCUT2D eigenvalue weighted by Gasteiger charge is -2.43. The van der Waals surface area contributed by atoms with Gasteiger partial charge in [0.2, 0.25) is 0 Å². The van der Waals surface area contributed by atoms with E-state index >= 15 is 0 Å². The van der Waals surface area contributed by atoms with E-state index in [0.717, 1.165) is 71.1 Å². The fraction of sp³-hybridized carbons (Fsp3) is 0.609. The highest BCUT2D eigenvalue weighted by Crippen LogP contribution is 2.38. The number of allylic oxidation sites excluding steroid dienone is 1. The van der Waals surface area contributed by atoms with E-state index in [0.29, 0.717) is 18.8 Å². The van der Waals surface area contributed by atoms with Crippen LogP contribution in [-0.2, 0) is 14.3 Å². The third kappa shape index (κ3) is 5.07. The molecule has 0 aromatic heterocycles. The number of ketones is 1. The van der Waals surface area contributed by atoms with Crippen LogP contribution in [0.4, 0.5) is 0 Å². The Balaban J connectivity index is 1.47. The summed E-state index contributed by atoms with van der Waals surface area (Å²) in [5.41, 5.74) is 3.55. The van der Waals surface area contributed by atoms with Gasteiger partial charge in [-0.25, -0.2) is 0 Å². The summed E-state index contributed by atoms with van der Waals surface area (Å²) >= 11 is 0. The maximum atomic E-state index is 13.1. The molecule has 4 rings (SSSR count). The van der Waals surface area contributed by atoms with Crippen molar-refractivity contribution in [3.63, 3.8) is 0 Å². The van der Waals surface area contributed by atoms with Gasteiger partial charge in [-0.1, -0.05) is 30.3 Å². The molecule has 29 heavy (non-hydrogen) atoms. The van der Waals surface area contributed by atoms with Crippen molar-refractivity contribution in [2.45, 2.75) is 18.8 Å². The van der Waals surface area contributed by atoms with E-state index in [-0.39, 0.29) is 5.92 Å². The molecule has 6 nitrogen and oxygen atoms in total. The highest BCUT2D eigenvalue weighted by Gasteiger charge is 2.35. The molecule has 1 aromatic rings. The summed E-state index contributed by atoms with van der Waals surface area (Å²) in [6.45, 7) is 8.85. The van der Waals surface area contributed by atoms with Crippen molar-refractivity contribution in [1.82, 2.24) is 14.7 Å². The number of ether oxygens (including phenoxy) is 2. The number of methoxy groups -OCH3 is 1. The number of carbonyl (C=O) groups excluding carboxylic acids is 1. The van der Waals surface area contributed by atoms with E-state index < -0.39 is 0 Å². The van der Waals surface area contributed by atoms with E-state index in [1.165, 1.54) is 11.3 Å². The molecule has 0 bridgehead atoms. The van der Waals surface area contributed by atoms with Crippen molar-refractivity contribution >= 4 is 5.78 Å². The van der Waals surface area contributed by atoms with Crippen LogP contribution in [0.25, 0.3) is 0 Å². The fourth-order valence-electron chi connectivity index (χ4n) is 4.66. The average Bonchev–Trinajstić information content (AvgIpc) is 2.77. The third-order valence-electron chi connectivity index (χ3n) is 6.36. The molecular formula is C23H33N3O3. The quantitative estimate of drug-likeness (QED) is 0.698. The van der Waals surface area contributed by atoms with Gasteiger partial charge < -0.3 is 14.4 Å². The number of benzene rings is 1. The first kappa shape index (κ1) is 20.5. The zero-order valence-corrected chi connectivity index (χ0v) is 17.5. The Hall–Kier alpha value is -1.73. The lowest BCUT2D eigenvalue weighted by molar-refractivity contribution is -0.117. The number of morpholine rings is 1. The van der Waals surface area contributed by atoms with Crippen molar-refractivity contribution in [3.05, 3.63) is 47.2 Å². The van der Waals surface area contributed by atoms with E-state index in [4.69, 9.17) is 9.47 Å². The molecule has 1 fully saturated rings. The summed E-state index contributed by atoms with van der Waals surface area (Å²) in [5.74, 6) is 0.603. The number of carbonyl (C=O) groups is 1. The molecule has 1 saturated heterocycles. The second-order valence-electron chi connectivity index (χ2n) is 8.27. The molecule has 0 saturated carbocycles. The maximum Gasteiger partial charge on any atom is 0.162 e. The van der Waals surface area contributed by atoms with Crippen LogP contribution >= 0.6 is 0 Å². The highest BCUT2D eigenvalue weighted by molar-refractivity contribution is 5.98. The summed E-state index contributed by atoms with van der Waals surface area (Å²) in [6, 6.07) is 10.5. The second-order valence-corrected chi connectivity index (χ2v) is 8.27. The van der Waals surface area contributed by atoms with Crippen LogP contribution in [0.15, 0.2) is 41.6 Å². The minimum Gasteiger partial charge on any atom is -0.383 e. The molecule has 6 heteroatoms. The number of hydrogen-bond acceptors (Lipinski definition) is 6. The van der Waals surface area contributed by atoms with Crippen LogP contribution in [0.3, 0.4) is 0 Å². The van der Waals surface area contributed by atoms with Crippen LogP contribution in [0.2, 0.25) is 0 Å². The van der Waals surface area contributed by atoms with Gasteiger partial charge in [0, 0.05) is 64.1 Å². The minimum atomic E-state index is 0.285. The number of rotatable bonds is 7. The smallest absolute Gasteiger partial charge is 0.162 e. The number of nitrogens with zero attached hydrogens (tertiary/aromatic N) is 3. The van der Waals surface area contributed by atoms with Crippen molar-refractivity contribution < 1.29 is 14.3 Å². The second kappa shape index (κ2) is 9.85. The van der Waals surface area contributed by atoms with E-state index in [9.17, 15) is 4.79 Å². The Bertz CT molecular complexity index is 715. The summed E-state index contributed by atoms with van der Waals surface area (Å²) in [7, 11) is 1.74. The molecule has 158 valence electrons. The van der Waals surface area contributed by atoms with Gasteiger partial charge in [-0.3, -0.25) is 14.6 Å². The molecule has 2 aliphatic heterocycles. The molecule has 0 radical (unpaired) electrons. The summed E-state index contributed by atoms with van der Waals surface area (Å²) in [4.78, 5) is 20.4. The highest BCUT2D eigenvalue weighted by atomic mass is 16.5. The topological polar surface area (TPSA) is 45.2 Å². The Morgan fingerprint density at radius 1 is 1.03 bits per heavy atom. The predicted octanol–water partition coefficient (Wildman–Crippen LogP) is 1.94. The van der Waals surface area contributed by atoms with Gasteiger partial charge in [0.15, 0.2) is 5.78 Å². The predicted molar refractivity (Wildman–Crippen MR) is 113 cm³/mol. The van der Waals surface area contributed by atoms with Crippen molar-refractivity contribution in [2.24, 2.45) is 0 Å². The minimum absolute atomic E-state index is 0.285. The van der Waals surface area contributed by atoms with Gasteiger partial charge in [-0.15, -0.1) is 0 Å². The Morgan fingerprint density at radius 2 is 1.79 bits per heavy atom. The first-order valence-electron chi connectivity index (χ1n) is 10.8. The van der Waals surface area contributed by atoms with E-state index in [1.807, 2.05) is 6.07 Å². The van der Waals surface area contributed by atoms with Crippen LogP contribution in [0.1, 0.15) is 24.3 Å². The van der Waals surface area contributed by atoms with Gasteiger partial charge in [0.25, 0.3) is 0 Å². The molecule has 0 N–H and O–H groups in total. The summed E-state index contributed by atoms with van der Waals surface area (Å²) < 4.78 is 10.8. The molecule has 0 amide bonds. The van der Waals surface area contributed by atoms with Crippen LogP contribution in [0.5, 0.6) is 0 Å². The molecule has 1 aliphatic carbocycles. The summed E-state index contributed by atoms with van der Waals surface area (Å²) in [5, 5.41) is 0. The molecular weight excluding hydrogens is 366 g/mol. The zero-order valence-electron chi connectivity index (χ0n) is 17.5. The van der Waals surface area contributed by atoms with Gasteiger partial charge in [-0.05, 0) is 17.9 Å². The van der Waals surface area contributed by atoms with Crippen molar-refractivity contribution in [3.8, 4) is 0 Å². The molecule has 0 spiro atoms. The van der Waals surface area contributed by atoms with E-state index in [1.54, 1.807) is 7.11 Å². The lowest BCUT2D eigenvalue weighted by atomic mass is 9.80. The van der Waals surface area contributed by atoms with Crippen LogP contribution < -0.4 is 0 Å². The third-order valence-corrected chi connectivity index (χ3v) is 6.36. The van der Waals surface area contributed by atoms with Crippen molar-refractivity contribution in [1.29, 1.82) is 0 Å². The van der Waals surface area contributed by atoms with Gasteiger partial charge >= 0.3 is 0 Å². The Morgan fingerprint density at radius 3 is 2.55 bits per heavy atom. The standard InChI is InChI=1S/C23H33N3O3/c1-28-12-11-26-18-25(8-7-24-9-13-29-14-10-24)17-21-22(26)15-20(16-23(21)27)19-5-3-2-4-6-19/h2-6,20H,7-18H2,1H3. The first-order valence-corrected chi connectivity index (χ1v) is 10.8. The first-order chi connectivity index (χ1) is 14.2. The van der Waals surface area contributed by atoms with Crippen molar-refractivity contribution in [2.75, 3.05) is 72.9 Å². The SMILES string of the molecule is COCCN1CN(CCN2CCOCC2)CC2=C1CC(c1ccccc1)CC2=O.